The molecule has 3 amide bonds. The zero-order chi connectivity index (χ0) is 26.4. The summed E-state index contributed by atoms with van der Waals surface area (Å²) in [6, 6.07) is 19.1. The minimum Gasteiger partial charge on any atom is -0.325 e. The van der Waals surface area contributed by atoms with Gasteiger partial charge in [-0.05, 0) is 48.0 Å². The molecule has 0 saturated carbocycles. The molecule has 0 radical (unpaired) electrons. The van der Waals surface area contributed by atoms with Crippen LogP contribution in [-0.2, 0) is 20.9 Å². The highest BCUT2D eigenvalue weighted by atomic mass is 35.5. The number of benzene rings is 2. The van der Waals surface area contributed by atoms with E-state index in [-0.39, 0.29) is 29.1 Å². The number of thioether (sulfide) groups is 1. The van der Waals surface area contributed by atoms with Gasteiger partial charge in [-0.2, -0.15) is 0 Å². The van der Waals surface area contributed by atoms with Crippen LogP contribution in [0, 0.1) is 5.92 Å². The number of anilines is 2. The molecule has 6 rings (SSSR count). The number of halogens is 1. The van der Waals surface area contributed by atoms with Crippen molar-refractivity contribution < 1.29 is 14.4 Å². The monoisotopic (exact) mass is 562 g/mol. The molecule has 11 heteroatoms. The fourth-order valence-corrected chi connectivity index (χ4v) is 7.78. The lowest BCUT2D eigenvalue weighted by Crippen LogP contribution is -2.33. The van der Waals surface area contributed by atoms with Crippen LogP contribution in [0.2, 0.25) is 5.02 Å². The van der Waals surface area contributed by atoms with Crippen LogP contribution in [0.4, 0.5) is 11.4 Å². The summed E-state index contributed by atoms with van der Waals surface area (Å²) in [4.78, 5) is 59.2. The van der Waals surface area contributed by atoms with E-state index in [9.17, 15) is 19.2 Å². The van der Waals surface area contributed by atoms with Gasteiger partial charge in [-0.3, -0.25) is 28.7 Å². The topological polar surface area (TPSA) is 101 Å². The van der Waals surface area contributed by atoms with Gasteiger partial charge in [0, 0.05) is 33.9 Å². The molecule has 1 saturated heterocycles. The third-order valence-electron chi connectivity index (χ3n) is 6.54. The molecule has 2 unspecified atom stereocenters. The first kappa shape index (κ1) is 24.6. The Hall–Kier alpha value is -3.73. The standard InChI is InChI=1S/C27H19ClN4O4S2/c28-16-8-10-18(11-9-16)32-24(34)21-20(15-5-4-12-29-13-15)23-26(37-22(21)25(32)35)31(27(36)38-23)14-19(33)30-17-6-2-1-3-7-17/h1-13,20-22H,14H2,(H,30,33)/t20-,21?,22?/m0/s1. The Morgan fingerprint density at radius 1 is 0.974 bits per heavy atom. The molecule has 1 N–H and O–H groups in total. The molecule has 2 aliphatic rings. The van der Waals surface area contributed by atoms with Crippen LogP contribution in [0.5, 0.6) is 0 Å². The number of hydrogen-bond donors (Lipinski definition) is 1. The van der Waals surface area contributed by atoms with E-state index in [1.807, 2.05) is 12.1 Å². The summed E-state index contributed by atoms with van der Waals surface area (Å²) in [5.41, 5.74) is 1.78. The normalized spacial score (nSPS) is 20.2. The lowest BCUT2D eigenvalue weighted by atomic mass is 9.84. The van der Waals surface area contributed by atoms with Crippen molar-refractivity contribution in [1.29, 1.82) is 0 Å². The maximum atomic E-state index is 13.8. The van der Waals surface area contributed by atoms with E-state index in [0.717, 1.165) is 16.9 Å². The van der Waals surface area contributed by atoms with E-state index < -0.39 is 17.1 Å². The van der Waals surface area contributed by atoms with Gasteiger partial charge in [0.25, 0.3) is 0 Å². The number of nitrogens with one attached hydrogen (secondary N) is 1. The Bertz CT molecular complexity index is 1610. The van der Waals surface area contributed by atoms with Crippen molar-refractivity contribution in [1.82, 2.24) is 9.55 Å². The molecule has 2 aromatic heterocycles. The predicted molar refractivity (Wildman–Crippen MR) is 147 cm³/mol. The summed E-state index contributed by atoms with van der Waals surface area (Å²) in [6.07, 6.45) is 3.28. The summed E-state index contributed by atoms with van der Waals surface area (Å²) < 4.78 is 1.39. The van der Waals surface area contributed by atoms with E-state index in [0.29, 0.717) is 26.3 Å². The van der Waals surface area contributed by atoms with E-state index >= 15 is 0 Å². The van der Waals surface area contributed by atoms with Crippen molar-refractivity contribution >= 4 is 63.8 Å². The second kappa shape index (κ2) is 9.86. The van der Waals surface area contributed by atoms with E-state index in [2.05, 4.69) is 10.3 Å². The Morgan fingerprint density at radius 2 is 1.74 bits per heavy atom. The van der Waals surface area contributed by atoms with E-state index in [1.54, 1.807) is 67.0 Å². The fourth-order valence-electron chi connectivity index (χ4n) is 4.88. The Kier molecular flexibility index (Phi) is 6.38. The zero-order valence-electron chi connectivity index (χ0n) is 19.6. The molecule has 2 aromatic carbocycles. The van der Waals surface area contributed by atoms with Gasteiger partial charge in [0.05, 0.1) is 16.6 Å². The summed E-state index contributed by atoms with van der Waals surface area (Å²) >= 11 is 8.19. The van der Waals surface area contributed by atoms with Gasteiger partial charge in [-0.25, -0.2) is 4.90 Å². The lowest BCUT2D eigenvalue weighted by molar-refractivity contribution is -0.122. The van der Waals surface area contributed by atoms with Gasteiger partial charge >= 0.3 is 4.87 Å². The SMILES string of the molecule is O=C(Cn1c2c(sc1=O)[C@@H](c1cccnc1)C1C(=O)N(c3ccc(Cl)cc3)C(=O)C1S2)Nc1ccccc1. The number of carbonyl (C=O) groups excluding carboxylic acids is 3. The van der Waals surface area contributed by atoms with Crippen LogP contribution >= 0.6 is 34.7 Å². The van der Waals surface area contributed by atoms with Crippen molar-refractivity contribution in [2.75, 3.05) is 10.2 Å². The number of para-hydroxylation sites is 1. The van der Waals surface area contributed by atoms with Crippen LogP contribution in [0.25, 0.3) is 0 Å². The minimum atomic E-state index is -0.770. The highest BCUT2D eigenvalue weighted by Gasteiger charge is 2.56. The van der Waals surface area contributed by atoms with Crippen LogP contribution in [-0.4, -0.2) is 32.5 Å². The van der Waals surface area contributed by atoms with Crippen LogP contribution < -0.4 is 15.1 Å². The summed E-state index contributed by atoms with van der Waals surface area (Å²) in [5.74, 6) is -2.37. The maximum Gasteiger partial charge on any atom is 0.308 e. The number of nitrogens with zero attached hydrogens (tertiary/aromatic N) is 3. The van der Waals surface area contributed by atoms with E-state index in [4.69, 9.17) is 11.6 Å². The lowest BCUT2D eigenvalue weighted by Gasteiger charge is -2.30. The smallest absolute Gasteiger partial charge is 0.308 e. The Morgan fingerprint density at radius 3 is 2.45 bits per heavy atom. The molecule has 4 heterocycles. The van der Waals surface area contributed by atoms with Gasteiger partial charge in [-0.15, -0.1) is 0 Å². The Labute approximate surface area is 230 Å². The highest BCUT2D eigenvalue weighted by Crippen LogP contribution is 2.53. The number of carbonyl (C=O) groups is 3. The first-order valence-electron chi connectivity index (χ1n) is 11.7. The minimum absolute atomic E-state index is 0.216. The average Bonchev–Trinajstić information content (AvgIpc) is 3.36. The second-order valence-electron chi connectivity index (χ2n) is 8.85. The van der Waals surface area contributed by atoms with Crippen molar-refractivity contribution in [2.24, 2.45) is 5.92 Å². The number of pyridine rings is 1. The van der Waals surface area contributed by atoms with Gasteiger partial charge in [-0.1, -0.05) is 59.0 Å². The van der Waals surface area contributed by atoms with Crippen molar-refractivity contribution in [2.45, 2.75) is 22.7 Å². The fraction of sp³-hybridized carbons (Fsp3) is 0.148. The second-order valence-corrected chi connectivity index (χ2v) is 11.4. The first-order valence-corrected chi connectivity index (χ1v) is 13.8. The van der Waals surface area contributed by atoms with Crippen LogP contribution in [0.3, 0.4) is 0 Å². The number of amides is 3. The first-order chi connectivity index (χ1) is 18.4. The molecule has 0 aliphatic carbocycles. The van der Waals surface area contributed by atoms with Crippen molar-refractivity contribution in [3.05, 3.63) is 104 Å². The third-order valence-corrected chi connectivity index (χ3v) is 9.39. The molecule has 0 spiro atoms. The molecule has 190 valence electrons. The maximum absolute atomic E-state index is 13.8. The van der Waals surface area contributed by atoms with Crippen LogP contribution in [0.15, 0.2) is 88.9 Å². The summed E-state index contributed by atoms with van der Waals surface area (Å²) in [6.45, 7) is -0.216. The summed E-state index contributed by atoms with van der Waals surface area (Å²) in [7, 11) is 0. The largest absolute Gasteiger partial charge is 0.325 e. The predicted octanol–water partition coefficient (Wildman–Crippen LogP) is 4.39. The molecular formula is C27H19ClN4O4S2. The van der Waals surface area contributed by atoms with Gasteiger partial charge in [0.15, 0.2) is 0 Å². The molecule has 38 heavy (non-hydrogen) atoms. The number of imide groups is 1. The number of fused-ring (bicyclic) bond motifs is 2. The number of thiazole rings is 1. The molecular weight excluding hydrogens is 544 g/mol. The Balaban J connectivity index is 1.41. The van der Waals surface area contributed by atoms with E-state index in [1.165, 1.54) is 21.2 Å². The van der Waals surface area contributed by atoms with Gasteiger partial charge in [0.2, 0.25) is 17.7 Å². The van der Waals surface area contributed by atoms with Crippen molar-refractivity contribution in [3.8, 4) is 0 Å². The van der Waals surface area contributed by atoms with Crippen molar-refractivity contribution in [3.63, 3.8) is 0 Å². The molecule has 4 aromatic rings. The number of rotatable bonds is 5. The summed E-state index contributed by atoms with van der Waals surface area (Å²) in [5, 5.41) is 3.05. The van der Waals surface area contributed by atoms with Crippen LogP contribution in [0.1, 0.15) is 16.4 Å². The van der Waals surface area contributed by atoms with Gasteiger partial charge < -0.3 is 5.32 Å². The third kappa shape index (κ3) is 4.24. The highest BCUT2D eigenvalue weighted by molar-refractivity contribution is 8.00. The van der Waals surface area contributed by atoms with Gasteiger partial charge in [0.1, 0.15) is 11.8 Å². The quantitative estimate of drug-likeness (QED) is 0.362. The molecule has 8 nitrogen and oxygen atoms in total. The average molecular weight is 563 g/mol. The molecule has 3 atom stereocenters. The molecule has 1 fully saturated rings. The number of aromatic nitrogens is 2. The number of hydrogen-bond acceptors (Lipinski definition) is 7. The molecule has 2 aliphatic heterocycles. The molecule has 0 bridgehead atoms. The zero-order valence-corrected chi connectivity index (χ0v) is 22.0.